The van der Waals surface area contributed by atoms with Crippen LogP contribution in [0.5, 0.6) is 0 Å². The summed E-state index contributed by atoms with van der Waals surface area (Å²) in [6, 6.07) is 18.8. The number of carbonyl (C=O) groups is 1. The van der Waals surface area contributed by atoms with Crippen LogP contribution in [0.1, 0.15) is 28.8 Å². The molecule has 1 aromatic heterocycles. The van der Waals surface area contributed by atoms with Crippen LogP contribution in [0, 0.1) is 19.8 Å². The third-order valence-electron chi connectivity index (χ3n) is 6.90. The normalized spacial score (nSPS) is 18.4. The Hall–Kier alpha value is -3.25. The van der Waals surface area contributed by atoms with Gasteiger partial charge in [-0.25, -0.2) is 9.97 Å². The van der Waals surface area contributed by atoms with Gasteiger partial charge in [0.2, 0.25) is 5.91 Å². The van der Waals surface area contributed by atoms with Gasteiger partial charge in [-0.1, -0.05) is 60.2 Å². The molecular weight excluding hydrogens is 424 g/mol. The Balaban J connectivity index is 1.43. The van der Waals surface area contributed by atoms with Crippen LogP contribution >= 0.6 is 0 Å². The van der Waals surface area contributed by atoms with E-state index in [1.165, 1.54) is 11.1 Å². The Labute approximate surface area is 201 Å². The summed E-state index contributed by atoms with van der Waals surface area (Å²) in [5.74, 6) is 2.00. The van der Waals surface area contributed by atoms with Crippen molar-refractivity contribution in [2.24, 2.45) is 5.92 Å². The van der Waals surface area contributed by atoms with Crippen LogP contribution in [0.25, 0.3) is 11.4 Å². The first-order valence-electron chi connectivity index (χ1n) is 12.2. The summed E-state index contributed by atoms with van der Waals surface area (Å²) in [5, 5.41) is 0. The van der Waals surface area contributed by atoms with Gasteiger partial charge in [-0.2, -0.15) is 0 Å². The van der Waals surface area contributed by atoms with Crippen molar-refractivity contribution in [2.75, 3.05) is 44.3 Å². The van der Waals surface area contributed by atoms with Crippen LogP contribution in [0.15, 0.2) is 54.6 Å². The highest BCUT2D eigenvalue weighted by Gasteiger charge is 2.31. The van der Waals surface area contributed by atoms with E-state index < -0.39 is 0 Å². The summed E-state index contributed by atoms with van der Waals surface area (Å²) in [6.07, 6.45) is 1.63. The van der Waals surface area contributed by atoms with Crippen LogP contribution in [-0.4, -0.2) is 60.2 Å². The molecule has 176 valence electrons. The number of benzene rings is 2. The van der Waals surface area contributed by atoms with Crippen LogP contribution < -0.4 is 4.90 Å². The lowest BCUT2D eigenvalue weighted by Crippen LogP contribution is -2.51. The third-order valence-corrected chi connectivity index (χ3v) is 6.90. The maximum atomic E-state index is 12.9. The second-order valence-corrected chi connectivity index (χ2v) is 9.34. The number of hydrogen-bond acceptors (Lipinski definition) is 5. The van der Waals surface area contributed by atoms with Gasteiger partial charge in [0.1, 0.15) is 5.82 Å². The van der Waals surface area contributed by atoms with Gasteiger partial charge < -0.3 is 14.5 Å². The van der Waals surface area contributed by atoms with Gasteiger partial charge >= 0.3 is 0 Å². The number of rotatable bonds is 5. The number of aryl methyl sites for hydroxylation is 2. The molecule has 0 saturated carbocycles. The molecule has 6 heteroatoms. The predicted octanol–water partition coefficient (Wildman–Crippen LogP) is 4.04. The van der Waals surface area contributed by atoms with E-state index in [2.05, 4.69) is 55.1 Å². The lowest BCUT2D eigenvalue weighted by Gasteiger charge is -2.37. The fourth-order valence-corrected chi connectivity index (χ4v) is 4.80. The monoisotopic (exact) mass is 456 g/mol. The van der Waals surface area contributed by atoms with Gasteiger partial charge in [0, 0.05) is 56.0 Å². The Morgan fingerprint density at radius 1 is 0.971 bits per heavy atom. The SMILES string of the molecule is Cc1ccc(Cc2c(C)nc(-c3ccccc3)nc2N2CCN(C(=O)[C@@H]3CCOC3)CC2)cc1. The van der Waals surface area contributed by atoms with Crippen LogP contribution in [0.3, 0.4) is 0 Å². The maximum absolute atomic E-state index is 12.9. The number of amides is 1. The van der Waals surface area contributed by atoms with Crippen molar-refractivity contribution < 1.29 is 9.53 Å². The number of hydrogen-bond donors (Lipinski definition) is 0. The zero-order chi connectivity index (χ0) is 23.5. The first kappa shape index (κ1) is 22.5. The second kappa shape index (κ2) is 9.94. The number of carbonyl (C=O) groups excluding carboxylic acids is 1. The number of anilines is 1. The van der Waals surface area contributed by atoms with E-state index in [0.717, 1.165) is 54.4 Å². The lowest BCUT2D eigenvalue weighted by atomic mass is 10.0. The minimum absolute atomic E-state index is 0.0228. The Kier molecular flexibility index (Phi) is 6.59. The van der Waals surface area contributed by atoms with Crippen molar-refractivity contribution in [3.8, 4) is 11.4 Å². The molecule has 2 saturated heterocycles. The van der Waals surface area contributed by atoms with Gasteiger partial charge in [-0.3, -0.25) is 4.79 Å². The first-order valence-corrected chi connectivity index (χ1v) is 12.2. The quantitative estimate of drug-likeness (QED) is 0.580. The van der Waals surface area contributed by atoms with Gasteiger partial charge in [0.05, 0.1) is 12.5 Å². The Morgan fingerprint density at radius 2 is 1.71 bits per heavy atom. The number of aromatic nitrogens is 2. The molecule has 0 aliphatic carbocycles. The molecule has 0 unspecified atom stereocenters. The summed E-state index contributed by atoms with van der Waals surface area (Å²) >= 11 is 0. The zero-order valence-corrected chi connectivity index (χ0v) is 20.0. The van der Waals surface area contributed by atoms with Crippen molar-refractivity contribution in [1.29, 1.82) is 0 Å². The fourth-order valence-electron chi connectivity index (χ4n) is 4.80. The van der Waals surface area contributed by atoms with Gasteiger partial charge in [-0.15, -0.1) is 0 Å². The molecule has 0 spiro atoms. The van der Waals surface area contributed by atoms with E-state index in [9.17, 15) is 4.79 Å². The standard InChI is InChI=1S/C28H32N4O2/c1-20-8-10-22(11-9-20)18-25-21(2)29-26(23-6-4-3-5-7-23)30-27(25)31-13-15-32(16-14-31)28(33)24-12-17-34-19-24/h3-11,24H,12-19H2,1-2H3/t24-/m1/s1. The molecule has 2 aromatic carbocycles. The van der Waals surface area contributed by atoms with E-state index in [-0.39, 0.29) is 11.8 Å². The van der Waals surface area contributed by atoms with Gasteiger partial charge in [-0.05, 0) is 25.8 Å². The minimum atomic E-state index is 0.0228. The van der Waals surface area contributed by atoms with Crippen molar-refractivity contribution in [2.45, 2.75) is 26.7 Å². The third kappa shape index (κ3) is 4.82. The van der Waals surface area contributed by atoms with Crippen molar-refractivity contribution in [1.82, 2.24) is 14.9 Å². The van der Waals surface area contributed by atoms with Crippen molar-refractivity contribution in [3.63, 3.8) is 0 Å². The topological polar surface area (TPSA) is 58.6 Å². The molecule has 5 rings (SSSR count). The Bertz CT molecular complexity index is 1130. The molecule has 3 aromatic rings. The molecular formula is C28H32N4O2. The van der Waals surface area contributed by atoms with E-state index >= 15 is 0 Å². The van der Waals surface area contributed by atoms with E-state index in [1.54, 1.807) is 0 Å². The number of ether oxygens (including phenoxy) is 1. The zero-order valence-electron chi connectivity index (χ0n) is 20.0. The molecule has 6 nitrogen and oxygen atoms in total. The second-order valence-electron chi connectivity index (χ2n) is 9.34. The molecule has 0 radical (unpaired) electrons. The van der Waals surface area contributed by atoms with Crippen LogP contribution in [0.2, 0.25) is 0 Å². The van der Waals surface area contributed by atoms with Gasteiger partial charge in [0.25, 0.3) is 0 Å². The van der Waals surface area contributed by atoms with E-state index in [1.807, 2.05) is 23.1 Å². The van der Waals surface area contributed by atoms with Gasteiger partial charge in [0.15, 0.2) is 5.82 Å². The molecule has 2 aliphatic rings. The molecule has 1 amide bonds. The van der Waals surface area contributed by atoms with Crippen molar-refractivity contribution in [3.05, 3.63) is 77.0 Å². The molecule has 34 heavy (non-hydrogen) atoms. The smallest absolute Gasteiger partial charge is 0.228 e. The number of piperazine rings is 1. The molecule has 3 heterocycles. The summed E-state index contributed by atoms with van der Waals surface area (Å²) in [4.78, 5) is 27.2. The summed E-state index contributed by atoms with van der Waals surface area (Å²) in [6.45, 7) is 8.41. The Morgan fingerprint density at radius 3 is 2.38 bits per heavy atom. The highest BCUT2D eigenvalue weighted by Crippen LogP contribution is 2.29. The predicted molar refractivity (Wildman–Crippen MR) is 134 cm³/mol. The highest BCUT2D eigenvalue weighted by atomic mass is 16.5. The average molecular weight is 457 g/mol. The molecule has 0 bridgehead atoms. The molecule has 0 N–H and O–H groups in total. The molecule has 2 aliphatic heterocycles. The molecule has 1 atom stereocenters. The highest BCUT2D eigenvalue weighted by molar-refractivity contribution is 5.79. The van der Waals surface area contributed by atoms with E-state index in [4.69, 9.17) is 14.7 Å². The first-order chi connectivity index (χ1) is 16.6. The lowest BCUT2D eigenvalue weighted by molar-refractivity contribution is -0.135. The van der Waals surface area contributed by atoms with E-state index in [0.29, 0.717) is 26.3 Å². The largest absolute Gasteiger partial charge is 0.381 e. The maximum Gasteiger partial charge on any atom is 0.228 e. The van der Waals surface area contributed by atoms with Crippen LogP contribution in [-0.2, 0) is 16.0 Å². The minimum Gasteiger partial charge on any atom is -0.381 e. The molecule has 2 fully saturated rings. The summed E-state index contributed by atoms with van der Waals surface area (Å²) in [5.41, 5.74) is 5.69. The average Bonchev–Trinajstić information content (AvgIpc) is 3.42. The van der Waals surface area contributed by atoms with Crippen LogP contribution in [0.4, 0.5) is 5.82 Å². The number of nitrogens with zero attached hydrogens (tertiary/aromatic N) is 4. The summed E-state index contributed by atoms with van der Waals surface area (Å²) in [7, 11) is 0. The summed E-state index contributed by atoms with van der Waals surface area (Å²) < 4.78 is 5.43. The fraction of sp³-hybridized carbons (Fsp3) is 0.393. The van der Waals surface area contributed by atoms with Crippen molar-refractivity contribution >= 4 is 11.7 Å².